The quantitative estimate of drug-likeness (QED) is 0.457. The lowest BCUT2D eigenvalue weighted by molar-refractivity contribution is -0.385. The Morgan fingerprint density at radius 2 is 2.00 bits per heavy atom. The molecule has 1 aliphatic rings. The highest BCUT2D eigenvalue weighted by molar-refractivity contribution is 6.22. The molecule has 94 valence electrons. The highest BCUT2D eigenvalue weighted by atomic mass is 16.6. The van der Waals surface area contributed by atoms with Gasteiger partial charge >= 0.3 is 5.69 Å². The first-order valence-electron chi connectivity index (χ1n) is 5.25. The van der Waals surface area contributed by atoms with Gasteiger partial charge < -0.3 is 4.74 Å². The van der Waals surface area contributed by atoms with E-state index in [9.17, 15) is 19.7 Å². The molecular formula is C11H10N2O5. The second kappa shape index (κ2) is 4.10. The second-order valence-corrected chi connectivity index (χ2v) is 3.70. The topological polar surface area (TPSA) is 89.8 Å². The summed E-state index contributed by atoms with van der Waals surface area (Å²) < 4.78 is 5.17. The lowest BCUT2D eigenvalue weighted by Gasteiger charge is -2.07. The molecule has 2 rings (SSSR count). The first kappa shape index (κ1) is 12.0. The van der Waals surface area contributed by atoms with Gasteiger partial charge in [0.05, 0.1) is 17.1 Å². The van der Waals surface area contributed by atoms with Crippen molar-refractivity contribution < 1.29 is 19.2 Å². The highest BCUT2D eigenvalue weighted by Crippen LogP contribution is 2.37. The number of nitro benzene ring substituents is 1. The van der Waals surface area contributed by atoms with Gasteiger partial charge in [0.15, 0.2) is 0 Å². The lowest BCUT2D eigenvalue weighted by Crippen LogP contribution is -2.24. The summed E-state index contributed by atoms with van der Waals surface area (Å²) in [5.41, 5.74) is -0.206. The first-order chi connectivity index (χ1) is 8.49. The van der Waals surface area contributed by atoms with Crippen LogP contribution in [0, 0.1) is 10.1 Å². The number of hydrogen-bond donors (Lipinski definition) is 0. The minimum Gasteiger partial charge on any atom is -0.487 e. The third-order valence-electron chi connectivity index (χ3n) is 2.68. The van der Waals surface area contributed by atoms with E-state index in [0.29, 0.717) is 0 Å². The summed E-state index contributed by atoms with van der Waals surface area (Å²) in [6.07, 6.45) is 0. The Morgan fingerprint density at radius 3 is 2.56 bits per heavy atom. The van der Waals surface area contributed by atoms with Crippen LogP contribution in [0.2, 0.25) is 0 Å². The molecule has 0 N–H and O–H groups in total. The number of benzene rings is 1. The van der Waals surface area contributed by atoms with Crippen LogP contribution in [0.4, 0.5) is 5.69 Å². The van der Waals surface area contributed by atoms with Crippen molar-refractivity contribution in [3.8, 4) is 5.75 Å². The van der Waals surface area contributed by atoms with E-state index in [1.54, 1.807) is 6.92 Å². The number of nitro groups is 1. The lowest BCUT2D eigenvalue weighted by atomic mass is 10.1. The number of hydrogen-bond acceptors (Lipinski definition) is 5. The maximum absolute atomic E-state index is 11.9. The number of amides is 2. The number of imide groups is 1. The summed E-state index contributed by atoms with van der Waals surface area (Å²) in [5, 5.41) is 10.9. The number of carbonyl (C=O) groups is 2. The van der Waals surface area contributed by atoms with Gasteiger partial charge in [-0.15, -0.1) is 0 Å². The van der Waals surface area contributed by atoms with Crippen molar-refractivity contribution in [2.75, 3.05) is 13.7 Å². The minimum absolute atomic E-state index is 0.0291. The van der Waals surface area contributed by atoms with Crippen LogP contribution in [0.3, 0.4) is 0 Å². The van der Waals surface area contributed by atoms with Crippen LogP contribution in [-0.2, 0) is 0 Å². The van der Waals surface area contributed by atoms with Crippen LogP contribution in [0.5, 0.6) is 5.75 Å². The van der Waals surface area contributed by atoms with E-state index in [0.717, 1.165) is 4.90 Å². The summed E-state index contributed by atoms with van der Waals surface area (Å²) >= 11 is 0. The molecule has 7 nitrogen and oxygen atoms in total. The summed E-state index contributed by atoms with van der Waals surface area (Å²) in [5.74, 6) is -1.20. The molecule has 1 aliphatic heterocycles. The fourth-order valence-corrected chi connectivity index (χ4v) is 1.84. The molecular weight excluding hydrogens is 240 g/mol. The third-order valence-corrected chi connectivity index (χ3v) is 2.68. The zero-order valence-corrected chi connectivity index (χ0v) is 9.80. The van der Waals surface area contributed by atoms with Gasteiger partial charge in [0.2, 0.25) is 5.75 Å². The molecule has 0 spiro atoms. The molecule has 1 aromatic rings. The average molecular weight is 250 g/mol. The number of fused-ring (bicyclic) bond motifs is 1. The minimum atomic E-state index is -0.638. The zero-order chi connectivity index (χ0) is 13.4. The van der Waals surface area contributed by atoms with Gasteiger partial charge in [-0.25, -0.2) is 0 Å². The van der Waals surface area contributed by atoms with Crippen molar-refractivity contribution >= 4 is 17.5 Å². The molecule has 18 heavy (non-hydrogen) atoms. The molecule has 0 aromatic heterocycles. The van der Waals surface area contributed by atoms with Gasteiger partial charge in [-0.2, -0.15) is 0 Å². The normalized spacial score (nSPS) is 13.8. The molecule has 0 radical (unpaired) electrons. The Bertz CT molecular complexity index is 567. The molecule has 0 aliphatic carbocycles. The van der Waals surface area contributed by atoms with Crippen LogP contribution in [-0.4, -0.2) is 35.3 Å². The van der Waals surface area contributed by atoms with E-state index in [-0.39, 0.29) is 29.2 Å². The summed E-state index contributed by atoms with van der Waals surface area (Å²) in [7, 11) is 1.33. The van der Waals surface area contributed by atoms with Crippen molar-refractivity contribution in [3.63, 3.8) is 0 Å². The first-order valence-corrected chi connectivity index (χ1v) is 5.25. The molecule has 0 unspecified atom stereocenters. The van der Waals surface area contributed by atoms with E-state index in [1.807, 2.05) is 0 Å². The number of nitrogens with zero attached hydrogens (tertiary/aromatic N) is 2. The summed E-state index contributed by atoms with van der Waals surface area (Å²) in [6.45, 7) is 1.82. The molecule has 0 fully saturated rings. The maximum Gasteiger partial charge on any atom is 0.311 e. The van der Waals surface area contributed by atoms with Crippen LogP contribution in [0.15, 0.2) is 12.1 Å². The zero-order valence-electron chi connectivity index (χ0n) is 9.80. The average Bonchev–Trinajstić information content (AvgIpc) is 2.55. The largest absolute Gasteiger partial charge is 0.487 e. The van der Waals surface area contributed by atoms with Crippen LogP contribution in [0.25, 0.3) is 0 Å². The van der Waals surface area contributed by atoms with Crippen molar-refractivity contribution in [3.05, 3.63) is 33.4 Å². The van der Waals surface area contributed by atoms with Crippen LogP contribution >= 0.6 is 0 Å². The predicted octanol–water partition coefficient (Wildman–Crippen LogP) is 1.22. The molecule has 7 heteroatoms. The Kier molecular flexibility index (Phi) is 2.74. The SMILES string of the molecule is CCOc1c([N+](=O)[O-])ccc2c1C(=O)N(C)C2=O. The van der Waals surface area contributed by atoms with Crippen LogP contribution in [0.1, 0.15) is 27.6 Å². The predicted molar refractivity (Wildman–Crippen MR) is 60.7 cm³/mol. The summed E-state index contributed by atoms with van der Waals surface area (Å²) in [6, 6.07) is 2.45. The van der Waals surface area contributed by atoms with Crippen LogP contribution < -0.4 is 4.74 Å². The van der Waals surface area contributed by atoms with Crippen molar-refractivity contribution in [1.29, 1.82) is 0 Å². The smallest absolute Gasteiger partial charge is 0.311 e. The van der Waals surface area contributed by atoms with E-state index >= 15 is 0 Å². The van der Waals surface area contributed by atoms with Gasteiger partial charge in [-0.1, -0.05) is 0 Å². The fourth-order valence-electron chi connectivity index (χ4n) is 1.84. The van der Waals surface area contributed by atoms with E-state index in [2.05, 4.69) is 0 Å². The Balaban J connectivity index is 2.72. The molecule has 0 atom stereocenters. The standard InChI is InChI=1S/C11H10N2O5/c1-3-18-9-7(13(16)17)5-4-6-8(9)11(15)12(2)10(6)14/h4-5H,3H2,1-2H3. The molecule has 2 amide bonds. The number of ether oxygens (including phenoxy) is 1. The van der Waals surface area contributed by atoms with Gasteiger partial charge in [-0.05, 0) is 13.0 Å². The van der Waals surface area contributed by atoms with E-state index < -0.39 is 16.7 Å². The monoisotopic (exact) mass is 250 g/mol. The fraction of sp³-hybridized carbons (Fsp3) is 0.273. The molecule has 0 saturated carbocycles. The molecule has 0 bridgehead atoms. The van der Waals surface area contributed by atoms with Gasteiger partial charge in [0, 0.05) is 13.1 Å². The summed E-state index contributed by atoms with van der Waals surface area (Å²) in [4.78, 5) is 34.8. The van der Waals surface area contributed by atoms with Gasteiger partial charge in [0.1, 0.15) is 5.56 Å². The number of carbonyl (C=O) groups excluding carboxylic acids is 2. The Labute approximate surface area is 102 Å². The van der Waals surface area contributed by atoms with Gasteiger partial charge in [0.25, 0.3) is 11.8 Å². The second-order valence-electron chi connectivity index (χ2n) is 3.70. The molecule has 1 heterocycles. The highest BCUT2D eigenvalue weighted by Gasteiger charge is 2.39. The van der Waals surface area contributed by atoms with Gasteiger partial charge in [-0.3, -0.25) is 24.6 Å². The Morgan fingerprint density at radius 1 is 1.33 bits per heavy atom. The maximum atomic E-state index is 11.9. The third kappa shape index (κ3) is 1.52. The van der Waals surface area contributed by atoms with E-state index in [1.165, 1.54) is 19.2 Å². The molecule has 1 aromatic carbocycles. The van der Waals surface area contributed by atoms with Crippen molar-refractivity contribution in [2.24, 2.45) is 0 Å². The van der Waals surface area contributed by atoms with Crippen molar-refractivity contribution in [2.45, 2.75) is 6.92 Å². The number of rotatable bonds is 3. The molecule has 0 saturated heterocycles. The van der Waals surface area contributed by atoms with E-state index in [4.69, 9.17) is 4.74 Å². The Hall–Kier alpha value is -2.44. The van der Waals surface area contributed by atoms with Crippen molar-refractivity contribution in [1.82, 2.24) is 4.90 Å².